The van der Waals surface area contributed by atoms with Gasteiger partial charge in [0, 0.05) is 5.69 Å². The van der Waals surface area contributed by atoms with E-state index in [1.807, 2.05) is 30.1 Å². The zero-order valence-corrected chi connectivity index (χ0v) is 18.8. The van der Waals surface area contributed by atoms with Crippen molar-refractivity contribution in [1.29, 1.82) is 0 Å². The summed E-state index contributed by atoms with van der Waals surface area (Å²) in [5.41, 5.74) is 4.02. The molecule has 0 fully saturated rings. The molecule has 0 aliphatic rings. The predicted octanol–water partition coefficient (Wildman–Crippen LogP) is 5.22. The van der Waals surface area contributed by atoms with Crippen LogP contribution < -0.4 is 10.6 Å². The van der Waals surface area contributed by atoms with E-state index in [1.54, 1.807) is 16.8 Å². The third-order valence-electron chi connectivity index (χ3n) is 4.30. The van der Waals surface area contributed by atoms with Crippen molar-refractivity contribution < 1.29 is 4.79 Å². The monoisotopic (exact) mass is 447 g/mol. The summed E-state index contributed by atoms with van der Waals surface area (Å²) >= 11 is 12.9. The van der Waals surface area contributed by atoms with Gasteiger partial charge in [0.2, 0.25) is 11.0 Å². The lowest BCUT2D eigenvalue weighted by atomic mass is 10.1. The molecular formula is C20H22ClN5OS2. The summed E-state index contributed by atoms with van der Waals surface area (Å²) in [5.74, 6) is -0.157. The summed E-state index contributed by atoms with van der Waals surface area (Å²) in [5, 5.41) is 11.9. The van der Waals surface area contributed by atoms with Gasteiger partial charge in [-0.2, -0.15) is 0 Å². The second-order valence-corrected chi connectivity index (χ2v) is 8.81. The van der Waals surface area contributed by atoms with Gasteiger partial charge in [-0.15, -0.1) is 5.10 Å². The zero-order chi connectivity index (χ0) is 21.0. The average molecular weight is 448 g/mol. The van der Waals surface area contributed by atoms with E-state index < -0.39 is 0 Å². The zero-order valence-electron chi connectivity index (χ0n) is 16.4. The molecule has 0 bridgehead atoms. The number of hydrogen-bond acceptors (Lipinski definition) is 6. The number of halogens is 1. The minimum Gasteiger partial charge on any atom is -0.330 e. The molecule has 0 saturated heterocycles. The fourth-order valence-corrected chi connectivity index (χ4v) is 3.86. The molecule has 0 atom stereocenters. The van der Waals surface area contributed by atoms with E-state index in [-0.39, 0.29) is 12.5 Å². The molecule has 0 unspecified atom stereocenters. The molecule has 0 saturated carbocycles. The highest BCUT2D eigenvalue weighted by Crippen LogP contribution is 2.23. The van der Waals surface area contributed by atoms with Crippen molar-refractivity contribution in [3.05, 3.63) is 62.6 Å². The standard InChI is InChI=1S/C20H22ClN5OS2/c1-13-8-9-15(10-14(13)2)22-19-24-26(20(28)29-19)12-25(3)11-18(27)23-17-7-5-4-6-16(17)21/h4-10H,11-12H2,1-3H3,(H,22,24)(H,23,27). The highest BCUT2D eigenvalue weighted by atomic mass is 35.5. The van der Waals surface area contributed by atoms with E-state index in [0.29, 0.717) is 26.5 Å². The summed E-state index contributed by atoms with van der Waals surface area (Å²) in [6.45, 7) is 4.74. The Balaban J connectivity index is 1.59. The van der Waals surface area contributed by atoms with Gasteiger partial charge in [-0.1, -0.05) is 41.1 Å². The molecule has 152 valence electrons. The summed E-state index contributed by atoms with van der Waals surface area (Å²) in [6, 6.07) is 13.3. The number of para-hydroxylation sites is 1. The fourth-order valence-electron chi connectivity index (χ4n) is 2.66. The number of anilines is 3. The first-order chi connectivity index (χ1) is 13.8. The van der Waals surface area contributed by atoms with Crippen LogP contribution >= 0.6 is 35.2 Å². The van der Waals surface area contributed by atoms with Crippen molar-refractivity contribution >= 4 is 57.6 Å². The first kappa shape index (κ1) is 21.4. The Morgan fingerprint density at radius 2 is 2.00 bits per heavy atom. The molecule has 0 radical (unpaired) electrons. The minimum atomic E-state index is -0.157. The van der Waals surface area contributed by atoms with Crippen molar-refractivity contribution in [2.75, 3.05) is 24.2 Å². The van der Waals surface area contributed by atoms with Crippen LogP contribution in [0.1, 0.15) is 11.1 Å². The van der Waals surface area contributed by atoms with Gasteiger partial charge in [-0.05, 0) is 68.5 Å². The van der Waals surface area contributed by atoms with Crippen LogP contribution in [0.25, 0.3) is 0 Å². The molecule has 6 nitrogen and oxygen atoms in total. The Labute approximate surface area is 184 Å². The van der Waals surface area contributed by atoms with E-state index in [1.165, 1.54) is 22.5 Å². The SMILES string of the molecule is Cc1ccc(Nc2nn(CN(C)CC(=O)Nc3ccccc3Cl)c(=S)s2)cc1C. The summed E-state index contributed by atoms with van der Waals surface area (Å²) in [6.07, 6.45) is 0. The van der Waals surface area contributed by atoms with Crippen molar-refractivity contribution in [3.8, 4) is 0 Å². The Kier molecular flexibility index (Phi) is 7.02. The van der Waals surface area contributed by atoms with Gasteiger partial charge in [-0.25, -0.2) is 4.68 Å². The molecule has 3 aromatic rings. The molecule has 3 rings (SSSR count). The van der Waals surface area contributed by atoms with Crippen LogP contribution in [-0.2, 0) is 11.5 Å². The van der Waals surface area contributed by atoms with Crippen molar-refractivity contribution in [2.24, 2.45) is 0 Å². The molecular weight excluding hydrogens is 426 g/mol. The van der Waals surface area contributed by atoms with E-state index in [0.717, 1.165) is 5.69 Å². The number of benzene rings is 2. The maximum atomic E-state index is 12.3. The molecule has 2 N–H and O–H groups in total. The number of likely N-dealkylation sites (N-methyl/N-ethyl adjacent to an activating group) is 1. The van der Waals surface area contributed by atoms with Gasteiger partial charge in [0.05, 0.1) is 23.9 Å². The predicted molar refractivity (Wildman–Crippen MR) is 123 cm³/mol. The molecule has 9 heteroatoms. The average Bonchev–Trinajstić information content (AvgIpc) is 2.99. The number of aryl methyl sites for hydroxylation is 2. The third-order valence-corrected chi connectivity index (χ3v) is 5.85. The quantitative estimate of drug-likeness (QED) is 0.486. The van der Waals surface area contributed by atoms with E-state index in [4.69, 9.17) is 23.8 Å². The topological polar surface area (TPSA) is 62.2 Å². The van der Waals surface area contributed by atoms with Gasteiger partial charge in [0.1, 0.15) is 0 Å². The summed E-state index contributed by atoms with van der Waals surface area (Å²) < 4.78 is 2.33. The van der Waals surface area contributed by atoms with Crippen molar-refractivity contribution in [3.63, 3.8) is 0 Å². The molecule has 0 aliphatic heterocycles. The molecule has 0 spiro atoms. The second-order valence-electron chi connectivity index (χ2n) is 6.78. The smallest absolute Gasteiger partial charge is 0.238 e. The maximum Gasteiger partial charge on any atom is 0.238 e. The highest BCUT2D eigenvalue weighted by Gasteiger charge is 2.11. The van der Waals surface area contributed by atoms with Gasteiger partial charge < -0.3 is 10.6 Å². The van der Waals surface area contributed by atoms with Crippen LogP contribution in [0.3, 0.4) is 0 Å². The largest absolute Gasteiger partial charge is 0.330 e. The number of rotatable bonds is 7. The molecule has 0 aliphatic carbocycles. The lowest BCUT2D eigenvalue weighted by Gasteiger charge is -2.16. The fraction of sp³-hybridized carbons (Fsp3) is 0.250. The number of carbonyl (C=O) groups is 1. The Bertz CT molecular complexity index is 1080. The van der Waals surface area contributed by atoms with Crippen molar-refractivity contribution in [2.45, 2.75) is 20.5 Å². The lowest BCUT2D eigenvalue weighted by Crippen LogP contribution is -2.32. The van der Waals surface area contributed by atoms with Gasteiger partial charge in [0.15, 0.2) is 3.95 Å². The van der Waals surface area contributed by atoms with Crippen molar-refractivity contribution in [1.82, 2.24) is 14.7 Å². The van der Waals surface area contributed by atoms with Gasteiger partial charge in [-0.3, -0.25) is 9.69 Å². The van der Waals surface area contributed by atoms with E-state index >= 15 is 0 Å². The number of nitrogens with one attached hydrogen (secondary N) is 2. The first-order valence-corrected chi connectivity index (χ1v) is 10.6. The number of amides is 1. The maximum absolute atomic E-state index is 12.3. The molecule has 1 aromatic heterocycles. The molecule has 2 aromatic carbocycles. The van der Waals surface area contributed by atoms with Gasteiger partial charge >= 0.3 is 0 Å². The first-order valence-electron chi connectivity index (χ1n) is 8.97. The third kappa shape index (κ3) is 5.86. The normalized spacial score (nSPS) is 10.9. The van der Waals surface area contributed by atoms with Gasteiger partial charge in [0.25, 0.3) is 0 Å². The van der Waals surface area contributed by atoms with E-state index in [2.05, 4.69) is 41.7 Å². The summed E-state index contributed by atoms with van der Waals surface area (Å²) in [4.78, 5) is 14.1. The van der Waals surface area contributed by atoms with E-state index in [9.17, 15) is 4.79 Å². The Hall–Kier alpha value is -2.26. The van der Waals surface area contributed by atoms with Crippen LogP contribution in [0.2, 0.25) is 5.02 Å². The van der Waals surface area contributed by atoms with Crippen LogP contribution in [-0.4, -0.2) is 34.2 Å². The van der Waals surface area contributed by atoms with Crippen LogP contribution in [0, 0.1) is 17.8 Å². The Morgan fingerprint density at radius 1 is 1.24 bits per heavy atom. The summed E-state index contributed by atoms with van der Waals surface area (Å²) in [7, 11) is 1.84. The number of hydrogen-bond donors (Lipinski definition) is 2. The Morgan fingerprint density at radius 3 is 2.72 bits per heavy atom. The van der Waals surface area contributed by atoms with Crippen LogP contribution in [0.5, 0.6) is 0 Å². The second kappa shape index (κ2) is 9.49. The molecule has 1 amide bonds. The molecule has 29 heavy (non-hydrogen) atoms. The number of aromatic nitrogens is 2. The van der Waals surface area contributed by atoms with Crippen LogP contribution in [0.4, 0.5) is 16.5 Å². The van der Waals surface area contributed by atoms with Crippen LogP contribution in [0.15, 0.2) is 42.5 Å². The highest BCUT2D eigenvalue weighted by molar-refractivity contribution is 7.73. The molecule has 1 heterocycles. The number of carbonyl (C=O) groups excluding carboxylic acids is 1. The number of nitrogens with zero attached hydrogens (tertiary/aromatic N) is 3. The minimum absolute atomic E-state index is 0.157. The lowest BCUT2D eigenvalue weighted by molar-refractivity contribution is -0.117.